The summed E-state index contributed by atoms with van der Waals surface area (Å²) in [6.45, 7) is 0.549. The molecule has 1 amide bonds. The van der Waals surface area contributed by atoms with Gasteiger partial charge in [0.2, 0.25) is 0 Å². The maximum atomic E-state index is 15.2. The second-order valence-corrected chi connectivity index (χ2v) is 8.71. The van der Waals surface area contributed by atoms with Crippen LogP contribution in [0.1, 0.15) is 12.8 Å². The van der Waals surface area contributed by atoms with Gasteiger partial charge >= 0.3 is 0 Å². The molecule has 0 aliphatic carbocycles. The van der Waals surface area contributed by atoms with E-state index in [4.69, 9.17) is 9.72 Å². The number of aromatic nitrogens is 3. The van der Waals surface area contributed by atoms with E-state index in [1.54, 1.807) is 29.6 Å². The van der Waals surface area contributed by atoms with Gasteiger partial charge in [-0.25, -0.2) is 18.7 Å². The lowest BCUT2D eigenvalue weighted by atomic mass is 9.94. The predicted molar refractivity (Wildman–Crippen MR) is 132 cm³/mol. The Hall–Kier alpha value is -3.31. The molecular weight excluding hydrogens is 474 g/mol. The monoisotopic (exact) mass is 500 g/mol. The van der Waals surface area contributed by atoms with Crippen LogP contribution in [0.25, 0.3) is 0 Å². The van der Waals surface area contributed by atoms with Crippen molar-refractivity contribution < 1.29 is 18.3 Å². The van der Waals surface area contributed by atoms with Gasteiger partial charge in [-0.2, -0.15) is 0 Å². The number of carbonyl (C=O) groups excluding carboxylic acids is 1. The summed E-state index contributed by atoms with van der Waals surface area (Å²) in [5, 5.41) is 0. The Kier molecular flexibility index (Phi) is 8.09. The first-order chi connectivity index (χ1) is 17.0. The first kappa shape index (κ1) is 24.8. The van der Waals surface area contributed by atoms with Gasteiger partial charge in [0.1, 0.15) is 29.7 Å². The van der Waals surface area contributed by atoms with Gasteiger partial charge in [0.25, 0.3) is 5.91 Å². The third-order valence-electron chi connectivity index (χ3n) is 5.59. The van der Waals surface area contributed by atoms with E-state index in [-0.39, 0.29) is 32.0 Å². The Morgan fingerprint density at radius 1 is 1.14 bits per heavy atom. The molecule has 184 valence electrons. The van der Waals surface area contributed by atoms with Gasteiger partial charge in [0, 0.05) is 37.9 Å². The largest absolute Gasteiger partial charge is 0.368 e. The summed E-state index contributed by atoms with van der Waals surface area (Å²) in [6, 6.07) is 12.4. The Morgan fingerprint density at radius 2 is 1.91 bits per heavy atom. The zero-order valence-electron chi connectivity index (χ0n) is 19.2. The number of anilines is 4. The SMILES string of the molecule is CSNC(=O)COCC1(F)CCN(c2cncc(N(c3ccccc3)c3ccc(F)cn3)n2)CC1. The Bertz CT molecular complexity index is 1110. The minimum absolute atomic E-state index is 0.133. The van der Waals surface area contributed by atoms with Crippen LogP contribution in [0.15, 0.2) is 61.1 Å². The summed E-state index contributed by atoms with van der Waals surface area (Å²) in [7, 11) is 0. The maximum absolute atomic E-state index is 15.2. The van der Waals surface area contributed by atoms with Crippen molar-refractivity contribution in [2.45, 2.75) is 18.5 Å². The smallest absolute Gasteiger partial charge is 0.255 e. The number of nitrogens with one attached hydrogen (secondary N) is 1. The summed E-state index contributed by atoms with van der Waals surface area (Å²) < 4.78 is 36.6. The molecule has 35 heavy (non-hydrogen) atoms. The lowest BCUT2D eigenvalue weighted by molar-refractivity contribution is -0.125. The van der Waals surface area contributed by atoms with Gasteiger partial charge < -0.3 is 9.64 Å². The number of ether oxygens (including phenoxy) is 1. The molecule has 3 heterocycles. The highest BCUT2D eigenvalue weighted by atomic mass is 32.2. The van der Waals surface area contributed by atoms with Gasteiger partial charge in [0.15, 0.2) is 5.82 Å². The molecule has 8 nitrogen and oxygen atoms in total. The average molecular weight is 501 g/mol. The minimum Gasteiger partial charge on any atom is -0.368 e. The van der Waals surface area contributed by atoms with Crippen LogP contribution < -0.4 is 14.5 Å². The number of hydrogen-bond acceptors (Lipinski definition) is 8. The number of halogens is 2. The molecule has 4 rings (SSSR count). The number of carbonyl (C=O) groups is 1. The molecule has 1 aromatic carbocycles. The first-order valence-corrected chi connectivity index (χ1v) is 12.3. The van der Waals surface area contributed by atoms with E-state index in [1.165, 1.54) is 18.0 Å². The van der Waals surface area contributed by atoms with Crippen molar-refractivity contribution in [2.75, 3.05) is 42.4 Å². The predicted octanol–water partition coefficient (Wildman–Crippen LogP) is 4.20. The molecule has 0 saturated carbocycles. The third kappa shape index (κ3) is 6.43. The maximum Gasteiger partial charge on any atom is 0.255 e. The molecule has 0 unspecified atom stereocenters. The van der Waals surface area contributed by atoms with Crippen LogP contribution >= 0.6 is 11.9 Å². The van der Waals surface area contributed by atoms with E-state index in [0.29, 0.717) is 30.5 Å². The van der Waals surface area contributed by atoms with Crippen molar-refractivity contribution in [3.05, 3.63) is 66.9 Å². The molecule has 0 spiro atoms. The third-order valence-corrected chi connectivity index (χ3v) is 6.02. The lowest BCUT2D eigenvalue weighted by Gasteiger charge is -2.36. The summed E-state index contributed by atoms with van der Waals surface area (Å²) >= 11 is 1.18. The highest BCUT2D eigenvalue weighted by Gasteiger charge is 2.35. The zero-order valence-corrected chi connectivity index (χ0v) is 20.0. The van der Waals surface area contributed by atoms with Crippen molar-refractivity contribution in [1.29, 1.82) is 0 Å². The fourth-order valence-corrected chi connectivity index (χ4v) is 4.10. The number of rotatable bonds is 9. The Balaban J connectivity index is 1.47. The number of hydrogen-bond donors (Lipinski definition) is 1. The van der Waals surface area contributed by atoms with Crippen molar-refractivity contribution >= 4 is 41.0 Å². The first-order valence-electron chi connectivity index (χ1n) is 11.1. The van der Waals surface area contributed by atoms with Crippen molar-refractivity contribution in [3.8, 4) is 0 Å². The Labute approximate surface area is 206 Å². The van der Waals surface area contributed by atoms with Gasteiger partial charge in [-0.1, -0.05) is 30.1 Å². The molecular formula is C24H26F2N6O2S. The fourth-order valence-electron chi connectivity index (χ4n) is 3.82. The molecule has 1 aliphatic heterocycles. The number of para-hydroxylation sites is 1. The minimum atomic E-state index is -1.50. The number of amides is 1. The number of benzene rings is 1. The number of nitrogens with zero attached hydrogens (tertiary/aromatic N) is 5. The van der Waals surface area contributed by atoms with Crippen LogP contribution in [0.2, 0.25) is 0 Å². The van der Waals surface area contributed by atoms with Gasteiger partial charge in [-0.3, -0.25) is 19.4 Å². The molecule has 1 saturated heterocycles. The standard InChI is InChI=1S/C24H26F2N6O2S/c1-35-30-23(33)16-34-17-24(26)9-11-31(12-10-24)21-14-27-15-22(29-21)32(19-5-3-2-4-6-19)20-8-7-18(25)13-28-20/h2-8,13-15H,9-12,16-17H2,1H3,(H,30,33). The van der Waals surface area contributed by atoms with Crippen LogP contribution in [-0.4, -0.2) is 59.1 Å². The van der Waals surface area contributed by atoms with Gasteiger partial charge in [0.05, 0.1) is 25.2 Å². The fraction of sp³-hybridized carbons (Fsp3) is 0.333. The van der Waals surface area contributed by atoms with Gasteiger partial charge in [-0.15, -0.1) is 0 Å². The van der Waals surface area contributed by atoms with Crippen LogP contribution in [-0.2, 0) is 9.53 Å². The molecule has 1 aliphatic rings. The second-order valence-electron chi connectivity index (χ2n) is 8.10. The second kappa shape index (κ2) is 11.4. The van der Waals surface area contributed by atoms with Crippen LogP contribution in [0, 0.1) is 5.82 Å². The molecule has 0 atom stereocenters. The van der Waals surface area contributed by atoms with E-state index >= 15 is 4.39 Å². The topological polar surface area (TPSA) is 83.5 Å². The molecule has 2 aromatic heterocycles. The molecule has 11 heteroatoms. The summed E-state index contributed by atoms with van der Waals surface area (Å²) in [5.74, 6) is 0.886. The quantitative estimate of drug-likeness (QED) is 0.438. The average Bonchev–Trinajstić information content (AvgIpc) is 2.87. The number of pyridine rings is 1. The van der Waals surface area contributed by atoms with E-state index < -0.39 is 11.5 Å². The highest BCUT2D eigenvalue weighted by molar-refractivity contribution is 7.97. The van der Waals surface area contributed by atoms with Crippen LogP contribution in [0.4, 0.5) is 31.9 Å². The molecule has 1 fully saturated rings. The van der Waals surface area contributed by atoms with E-state index in [9.17, 15) is 9.18 Å². The van der Waals surface area contributed by atoms with Gasteiger partial charge in [-0.05, 0) is 24.3 Å². The zero-order chi connectivity index (χ0) is 24.7. The van der Waals surface area contributed by atoms with E-state index in [2.05, 4.69) is 14.7 Å². The van der Waals surface area contributed by atoms with Crippen LogP contribution in [0.3, 0.4) is 0 Å². The normalized spacial score (nSPS) is 15.0. The summed E-state index contributed by atoms with van der Waals surface area (Å²) in [4.78, 5) is 28.6. The highest BCUT2D eigenvalue weighted by Crippen LogP contribution is 2.33. The molecule has 1 N–H and O–H groups in total. The van der Waals surface area contributed by atoms with Crippen LogP contribution in [0.5, 0.6) is 0 Å². The Morgan fingerprint density at radius 3 is 2.60 bits per heavy atom. The molecule has 3 aromatic rings. The van der Waals surface area contributed by atoms with Crippen molar-refractivity contribution in [3.63, 3.8) is 0 Å². The summed E-state index contributed by atoms with van der Waals surface area (Å²) in [5.41, 5.74) is -0.711. The lowest BCUT2D eigenvalue weighted by Crippen LogP contribution is -2.45. The number of alkyl halides is 1. The summed E-state index contributed by atoms with van der Waals surface area (Å²) in [6.07, 6.45) is 6.62. The van der Waals surface area contributed by atoms with E-state index in [1.807, 2.05) is 35.2 Å². The van der Waals surface area contributed by atoms with E-state index in [0.717, 1.165) is 11.9 Å². The molecule has 0 bridgehead atoms. The van der Waals surface area contributed by atoms with Crippen molar-refractivity contribution in [2.24, 2.45) is 0 Å². The molecule has 0 radical (unpaired) electrons. The van der Waals surface area contributed by atoms with Crippen molar-refractivity contribution in [1.82, 2.24) is 19.7 Å². The number of piperidine rings is 1.